The van der Waals surface area contributed by atoms with Crippen LogP contribution in [0.25, 0.3) is 11.2 Å². The van der Waals surface area contributed by atoms with Gasteiger partial charge in [0.2, 0.25) is 5.90 Å². The lowest BCUT2D eigenvalue weighted by Gasteiger charge is -2.25. The Bertz CT molecular complexity index is 1820. The monoisotopic (exact) mass is 624 g/mol. The molecule has 1 fully saturated rings. The van der Waals surface area contributed by atoms with Gasteiger partial charge in [-0.25, -0.2) is 32.2 Å². The fourth-order valence-corrected chi connectivity index (χ4v) is 6.22. The molecule has 1 atom stereocenters. The summed E-state index contributed by atoms with van der Waals surface area (Å²) in [5.41, 5.74) is 2.04. The topological polar surface area (TPSA) is 120 Å². The second-order valence-corrected chi connectivity index (χ2v) is 13.6. The van der Waals surface area contributed by atoms with E-state index < -0.39 is 33.9 Å². The Kier molecular flexibility index (Phi) is 8.01. The second kappa shape index (κ2) is 11.8. The number of aromatic nitrogens is 3. The fourth-order valence-electron chi connectivity index (χ4n) is 5.36. The number of benzene rings is 2. The van der Waals surface area contributed by atoms with Crippen LogP contribution in [0, 0.1) is 0 Å². The molecule has 0 bridgehead atoms. The maximum atomic E-state index is 14.4. The summed E-state index contributed by atoms with van der Waals surface area (Å²) in [5.74, 6) is 0.299. The normalized spacial score (nSPS) is 18.3. The third-order valence-corrected chi connectivity index (χ3v) is 8.63. The van der Waals surface area contributed by atoms with E-state index in [9.17, 15) is 17.2 Å². The zero-order valence-corrected chi connectivity index (χ0v) is 25.5. The Balaban J connectivity index is 1.47. The van der Waals surface area contributed by atoms with Crippen molar-refractivity contribution in [1.29, 1.82) is 0 Å². The van der Waals surface area contributed by atoms with E-state index in [1.165, 1.54) is 10.6 Å². The van der Waals surface area contributed by atoms with Gasteiger partial charge in [-0.15, -0.1) is 0 Å². The molecule has 4 aromatic rings. The van der Waals surface area contributed by atoms with E-state index in [1.54, 1.807) is 18.2 Å². The smallest absolute Gasteiger partial charge is 0.295 e. The van der Waals surface area contributed by atoms with Gasteiger partial charge in [-0.2, -0.15) is 0 Å². The number of alkyl halides is 2. The third kappa shape index (κ3) is 6.25. The number of sulfone groups is 1. The van der Waals surface area contributed by atoms with E-state index in [2.05, 4.69) is 20.6 Å². The minimum atomic E-state index is -3.75. The predicted octanol–water partition coefficient (Wildman–Crippen LogP) is 6.38. The lowest BCUT2D eigenvalue weighted by molar-refractivity contribution is -0.0363. The van der Waals surface area contributed by atoms with Crippen molar-refractivity contribution in [1.82, 2.24) is 14.5 Å². The Morgan fingerprint density at radius 2 is 1.86 bits per heavy atom. The van der Waals surface area contributed by atoms with Crippen LogP contribution in [0.15, 0.2) is 64.5 Å². The van der Waals surface area contributed by atoms with Gasteiger partial charge in [-0.1, -0.05) is 30.3 Å². The molecule has 13 heteroatoms. The molecule has 1 saturated heterocycles. The molecular weight excluding hydrogens is 590 g/mol. The summed E-state index contributed by atoms with van der Waals surface area (Å²) in [4.78, 5) is 13.6. The van der Waals surface area contributed by atoms with Crippen LogP contribution in [0.5, 0.6) is 0 Å². The van der Waals surface area contributed by atoms with Crippen LogP contribution < -0.4 is 10.6 Å². The molecule has 2 aromatic heterocycles. The molecule has 1 unspecified atom stereocenters. The maximum absolute atomic E-state index is 14.4. The van der Waals surface area contributed by atoms with E-state index in [-0.39, 0.29) is 21.7 Å². The Hall–Kier alpha value is -4.10. The summed E-state index contributed by atoms with van der Waals surface area (Å²) in [5, 5.41) is 6.45. The first-order valence-electron chi connectivity index (χ1n) is 14.4. The van der Waals surface area contributed by atoms with Gasteiger partial charge in [0, 0.05) is 31.0 Å². The number of halogens is 2. The van der Waals surface area contributed by atoms with Crippen LogP contribution in [0.1, 0.15) is 62.7 Å². The summed E-state index contributed by atoms with van der Waals surface area (Å²) >= 11 is 0. The second-order valence-electron chi connectivity index (χ2n) is 11.7. The largest absolute Gasteiger partial charge is 0.475 e. The van der Waals surface area contributed by atoms with Gasteiger partial charge in [0.05, 0.1) is 21.8 Å². The predicted molar refractivity (Wildman–Crippen MR) is 164 cm³/mol. The van der Waals surface area contributed by atoms with Crippen molar-refractivity contribution < 1.29 is 26.7 Å². The van der Waals surface area contributed by atoms with E-state index in [0.29, 0.717) is 49.1 Å². The number of aliphatic imine (C=N–C) groups is 1. The first-order valence-corrected chi connectivity index (χ1v) is 16.3. The van der Waals surface area contributed by atoms with Crippen molar-refractivity contribution in [3.8, 4) is 0 Å². The maximum Gasteiger partial charge on any atom is 0.295 e. The van der Waals surface area contributed by atoms with Gasteiger partial charge >= 0.3 is 0 Å². The van der Waals surface area contributed by atoms with Crippen LogP contribution in [-0.4, -0.2) is 53.9 Å². The van der Waals surface area contributed by atoms with Crippen LogP contribution in [-0.2, 0) is 25.9 Å². The average Bonchev–Trinajstić information content (AvgIpc) is 3.57. The Labute approximate surface area is 254 Å². The first kappa shape index (κ1) is 29.9. The van der Waals surface area contributed by atoms with Crippen LogP contribution in [0.3, 0.4) is 0 Å². The number of imidazole rings is 1. The Morgan fingerprint density at radius 1 is 1.07 bits per heavy atom. The summed E-state index contributed by atoms with van der Waals surface area (Å²) in [6.07, 6.45) is -0.218. The highest BCUT2D eigenvalue weighted by Gasteiger charge is 2.30. The third-order valence-electron chi connectivity index (χ3n) is 7.49. The highest BCUT2D eigenvalue weighted by Crippen LogP contribution is 2.37. The zero-order valence-electron chi connectivity index (χ0n) is 24.7. The highest BCUT2D eigenvalue weighted by atomic mass is 32.2. The number of rotatable bonds is 9. The molecule has 10 nitrogen and oxygen atoms in total. The number of hydrogen-bond donors (Lipinski definition) is 2. The molecule has 2 aliphatic heterocycles. The summed E-state index contributed by atoms with van der Waals surface area (Å²) in [7, 11) is -3.75. The number of fused-ring (bicyclic) bond motifs is 1. The van der Waals surface area contributed by atoms with Crippen molar-refractivity contribution in [3.63, 3.8) is 0 Å². The van der Waals surface area contributed by atoms with Crippen molar-refractivity contribution in [2.24, 2.45) is 4.99 Å². The molecule has 4 heterocycles. The fraction of sp³-hybridized carbons (Fsp3) is 0.387. The molecule has 0 radical (unpaired) electrons. The lowest BCUT2D eigenvalue weighted by atomic mass is 10.1. The zero-order chi connectivity index (χ0) is 31.1. The number of nitrogens with zero attached hydrogens (tertiary/aromatic N) is 4. The molecule has 0 spiro atoms. The molecule has 2 N–H and O–H groups in total. The Morgan fingerprint density at radius 3 is 2.52 bits per heavy atom. The molecule has 232 valence electrons. The van der Waals surface area contributed by atoms with E-state index in [0.717, 1.165) is 24.7 Å². The quantitative estimate of drug-likeness (QED) is 0.220. The minimum absolute atomic E-state index is 0.00103. The SMILES string of the molecule is CC1(C)COC(c2ccc(Nc3cc(NCc4ccccc4)nc4c3nc(C(F)F)n4C3CCCCO3)c(S(C)(=O)=O)c2)=N1. The standard InChI is InChI=1S/C31H34F2N6O4S/c1-31(2)18-43-30(38-31)20-12-13-21(23(15-20)44(3,40)41)35-22-16-24(34-17-19-9-5-4-6-10-19)36-28-26(22)37-29(27(32)33)39(28)25-11-7-8-14-42-25/h4-6,9-10,12-13,15-16,25,27H,7-8,11,14,17-18H2,1-3H3,(H2,34,35,36). The van der Waals surface area contributed by atoms with Gasteiger partial charge in [-0.05, 0) is 56.9 Å². The minimum Gasteiger partial charge on any atom is -0.475 e. The van der Waals surface area contributed by atoms with Gasteiger partial charge in [0.1, 0.15) is 24.2 Å². The van der Waals surface area contributed by atoms with E-state index in [1.807, 2.05) is 44.2 Å². The average molecular weight is 625 g/mol. The van der Waals surface area contributed by atoms with Crippen molar-refractivity contribution in [2.75, 3.05) is 30.1 Å². The summed E-state index contributed by atoms with van der Waals surface area (Å²) < 4.78 is 67.8. The summed E-state index contributed by atoms with van der Waals surface area (Å²) in [6, 6.07) is 16.1. The number of ether oxygens (including phenoxy) is 2. The van der Waals surface area contributed by atoms with Crippen molar-refractivity contribution >= 4 is 44.1 Å². The number of hydrogen-bond acceptors (Lipinski definition) is 9. The molecule has 44 heavy (non-hydrogen) atoms. The lowest BCUT2D eigenvalue weighted by Crippen LogP contribution is -2.20. The van der Waals surface area contributed by atoms with Crippen molar-refractivity contribution in [3.05, 3.63) is 71.5 Å². The van der Waals surface area contributed by atoms with Crippen LogP contribution in [0.4, 0.5) is 26.0 Å². The number of pyridine rings is 1. The molecule has 2 aliphatic rings. The molecule has 2 aromatic carbocycles. The summed E-state index contributed by atoms with van der Waals surface area (Å²) in [6.45, 7) is 5.11. The molecular formula is C31H34F2N6O4S. The van der Waals surface area contributed by atoms with Gasteiger partial charge < -0.3 is 20.1 Å². The molecule has 0 aliphatic carbocycles. The molecule has 0 saturated carbocycles. The van der Waals surface area contributed by atoms with Gasteiger partial charge in [-0.3, -0.25) is 4.57 Å². The van der Waals surface area contributed by atoms with Crippen LogP contribution in [0.2, 0.25) is 0 Å². The van der Waals surface area contributed by atoms with Gasteiger partial charge in [0.15, 0.2) is 21.3 Å². The van der Waals surface area contributed by atoms with E-state index in [4.69, 9.17) is 14.5 Å². The molecule has 6 rings (SSSR count). The van der Waals surface area contributed by atoms with Crippen LogP contribution >= 0.6 is 0 Å². The molecule has 0 amide bonds. The number of anilines is 3. The highest BCUT2D eigenvalue weighted by molar-refractivity contribution is 7.90. The van der Waals surface area contributed by atoms with Gasteiger partial charge in [0.25, 0.3) is 6.43 Å². The number of nitrogens with one attached hydrogen (secondary N) is 2. The van der Waals surface area contributed by atoms with E-state index >= 15 is 0 Å². The van der Waals surface area contributed by atoms with Crippen molar-refractivity contribution in [2.45, 2.75) is 62.7 Å². The first-order chi connectivity index (χ1) is 21.0.